The number of rotatable bonds is 4. The largest absolute Gasteiger partial charge is 0.354 e. The zero-order chi connectivity index (χ0) is 18.3. The molecule has 9 heteroatoms. The molecule has 1 N–H and O–H groups in total. The van der Waals surface area contributed by atoms with Crippen LogP contribution in [0.4, 0.5) is 11.8 Å². The van der Waals surface area contributed by atoms with Gasteiger partial charge in [-0.2, -0.15) is 4.52 Å². The van der Waals surface area contributed by atoms with Crippen molar-refractivity contribution in [1.29, 1.82) is 0 Å². The lowest BCUT2D eigenvalue weighted by molar-refractivity contribution is 0.423. The van der Waals surface area contributed by atoms with E-state index in [1.807, 2.05) is 16.6 Å². The molecule has 4 rings (SSSR count). The Labute approximate surface area is 160 Å². The Hall–Kier alpha value is -2.29. The highest BCUT2D eigenvalue weighted by molar-refractivity contribution is 9.10. The molecule has 136 valence electrons. The fraction of sp³-hybridized carbons (Fsp3) is 0.471. The van der Waals surface area contributed by atoms with Crippen LogP contribution in [-0.2, 0) is 5.41 Å². The number of aromatic nitrogens is 6. The van der Waals surface area contributed by atoms with Crippen LogP contribution in [0.2, 0.25) is 0 Å². The predicted octanol–water partition coefficient (Wildman–Crippen LogP) is 2.52. The standard InChI is InChI=1S/C17H21BrN8/c1-17(2,3)15-23-22-13-4-5-14(24-26(13)15)25-9-11(10-25)6-19-16-20-7-12(18)8-21-16/h4-5,7-8,11H,6,9-10H2,1-3H3,(H,19,20,21). The molecule has 0 radical (unpaired) electrons. The van der Waals surface area contributed by atoms with E-state index in [1.165, 1.54) is 0 Å². The summed E-state index contributed by atoms with van der Waals surface area (Å²) >= 11 is 3.34. The molecule has 0 unspecified atom stereocenters. The van der Waals surface area contributed by atoms with Crippen molar-refractivity contribution in [3.63, 3.8) is 0 Å². The minimum absolute atomic E-state index is 0.100. The van der Waals surface area contributed by atoms with Crippen molar-refractivity contribution in [2.75, 3.05) is 29.9 Å². The van der Waals surface area contributed by atoms with Crippen LogP contribution in [0.5, 0.6) is 0 Å². The van der Waals surface area contributed by atoms with E-state index in [9.17, 15) is 0 Å². The molecule has 1 aliphatic rings. The molecule has 3 aromatic heterocycles. The van der Waals surface area contributed by atoms with Crippen LogP contribution < -0.4 is 10.2 Å². The van der Waals surface area contributed by atoms with E-state index in [0.717, 1.165) is 41.4 Å². The van der Waals surface area contributed by atoms with Gasteiger partial charge in [-0.05, 0) is 28.1 Å². The average Bonchev–Trinajstić information content (AvgIpc) is 2.98. The first-order valence-corrected chi connectivity index (χ1v) is 9.39. The van der Waals surface area contributed by atoms with Crippen molar-refractivity contribution in [2.24, 2.45) is 5.92 Å². The van der Waals surface area contributed by atoms with Crippen molar-refractivity contribution < 1.29 is 0 Å². The fourth-order valence-corrected chi connectivity index (χ4v) is 3.15. The molecule has 3 aromatic rings. The Morgan fingerprint density at radius 2 is 1.88 bits per heavy atom. The molecule has 8 nitrogen and oxygen atoms in total. The highest BCUT2D eigenvalue weighted by Gasteiger charge is 2.29. The summed E-state index contributed by atoms with van der Waals surface area (Å²) in [7, 11) is 0. The van der Waals surface area contributed by atoms with E-state index >= 15 is 0 Å². The Bertz CT molecular complexity index is 909. The molecule has 0 spiro atoms. The summed E-state index contributed by atoms with van der Waals surface area (Å²) in [4.78, 5) is 10.7. The first-order chi connectivity index (χ1) is 12.4. The third kappa shape index (κ3) is 3.35. The lowest BCUT2D eigenvalue weighted by atomic mass is 9.96. The van der Waals surface area contributed by atoms with Gasteiger partial charge in [-0.3, -0.25) is 0 Å². The molecular weight excluding hydrogens is 396 g/mol. The Balaban J connectivity index is 1.40. The van der Waals surface area contributed by atoms with E-state index in [-0.39, 0.29) is 5.41 Å². The van der Waals surface area contributed by atoms with Crippen LogP contribution in [0.25, 0.3) is 5.65 Å². The maximum Gasteiger partial charge on any atom is 0.222 e. The number of nitrogens with zero attached hydrogens (tertiary/aromatic N) is 7. The summed E-state index contributed by atoms with van der Waals surface area (Å²) in [5.74, 6) is 3.03. The summed E-state index contributed by atoms with van der Waals surface area (Å²) in [6.07, 6.45) is 3.49. The van der Waals surface area contributed by atoms with Crippen molar-refractivity contribution in [3.05, 3.63) is 34.8 Å². The van der Waals surface area contributed by atoms with Gasteiger partial charge in [0.15, 0.2) is 11.5 Å². The van der Waals surface area contributed by atoms with Gasteiger partial charge in [0, 0.05) is 43.4 Å². The van der Waals surface area contributed by atoms with E-state index in [4.69, 9.17) is 5.10 Å². The maximum absolute atomic E-state index is 4.75. The SMILES string of the molecule is CC(C)(C)c1nnc2ccc(N3CC(CNc4ncc(Br)cn4)C3)nn12. The maximum atomic E-state index is 4.75. The van der Waals surface area contributed by atoms with Gasteiger partial charge in [-0.1, -0.05) is 20.8 Å². The number of fused-ring (bicyclic) bond motifs is 1. The Kier molecular flexibility index (Phi) is 4.26. The van der Waals surface area contributed by atoms with Gasteiger partial charge >= 0.3 is 0 Å². The van der Waals surface area contributed by atoms with Gasteiger partial charge in [-0.15, -0.1) is 15.3 Å². The van der Waals surface area contributed by atoms with E-state index in [0.29, 0.717) is 11.9 Å². The zero-order valence-electron chi connectivity index (χ0n) is 15.0. The van der Waals surface area contributed by atoms with Crippen molar-refractivity contribution in [3.8, 4) is 0 Å². The van der Waals surface area contributed by atoms with Crippen molar-refractivity contribution in [2.45, 2.75) is 26.2 Å². The van der Waals surface area contributed by atoms with Crippen LogP contribution in [0.1, 0.15) is 26.6 Å². The van der Waals surface area contributed by atoms with Crippen LogP contribution in [0.3, 0.4) is 0 Å². The monoisotopic (exact) mass is 416 g/mol. The minimum atomic E-state index is -0.100. The second-order valence-corrected chi connectivity index (χ2v) is 8.53. The molecule has 0 amide bonds. The van der Waals surface area contributed by atoms with Gasteiger partial charge in [0.25, 0.3) is 0 Å². The number of anilines is 2. The molecule has 1 aliphatic heterocycles. The number of halogens is 1. The molecule has 26 heavy (non-hydrogen) atoms. The second kappa shape index (κ2) is 6.46. The quantitative estimate of drug-likeness (QED) is 0.699. The normalized spacial score (nSPS) is 15.3. The Morgan fingerprint density at radius 1 is 1.15 bits per heavy atom. The summed E-state index contributed by atoms with van der Waals surface area (Å²) in [5, 5.41) is 16.6. The lowest BCUT2D eigenvalue weighted by Gasteiger charge is -2.40. The zero-order valence-corrected chi connectivity index (χ0v) is 16.6. The molecule has 1 fully saturated rings. The van der Waals surface area contributed by atoms with E-state index < -0.39 is 0 Å². The third-order valence-corrected chi connectivity index (χ3v) is 4.78. The molecule has 0 bridgehead atoms. The van der Waals surface area contributed by atoms with Crippen LogP contribution in [-0.4, -0.2) is 49.4 Å². The van der Waals surface area contributed by atoms with Crippen molar-refractivity contribution in [1.82, 2.24) is 29.8 Å². The molecule has 0 saturated carbocycles. The molecule has 4 heterocycles. The average molecular weight is 417 g/mol. The molecular formula is C17H21BrN8. The third-order valence-electron chi connectivity index (χ3n) is 4.37. The first kappa shape index (κ1) is 17.1. The van der Waals surface area contributed by atoms with Crippen LogP contribution >= 0.6 is 15.9 Å². The highest BCUT2D eigenvalue weighted by Crippen LogP contribution is 2.25. The highest BCUT2D eigenvalue weighted by atomic mass is 79.9. The summed E-state index contributed by atoms with van der Waals surface area (Å²) in [6, 6.07) is 3.99. The van der Waals surface area contributed by atoms with Gasteiger partial charge in [-0.25, -0.2) is 9.97 Å². The van der Waals surface area contributed by atoms with E-state index in [1.54, 1.807) is 12.4 Å². The van der Waals surface area contributed by atoms with Crippen molar-refractivity contribution >= 4 is 33.3 Å². The predicted molar refractivity (Wildman–Crippen MR) is 103 cm³/mol. The molecule has 0 aromatic carbocycles. The summed E-state index contributed by atoms with van der Waals surface area (Å²) in [5.41, 5.74) is 0.682. The van der Waals surface area contributed by atoms with Gasteiger partial charge in [0.2, 0.25) is 5.95 Å². The number of hydrogen-bond donors (Lipinski definition) is 1. The van der Waals surface area contributed by atoms with Crippen LogP contribution in [0.15, 0.2) is 29.0 Å². The van der Waals surface area contributed by atoms with Crippen LogP contribution in [0, 0.1) is 5.92 Å². The smallest absolute Gasteiger partial charge is 0.222 e. The summed E-state index contributed by atoms with van der Waals surface area (Å²) < 4.78 is 2.74. The minimum Gasteiger partial charge on any atom is -0.354 e. The summed E-state index contributed by atoms with van der Waals surface area (Å²) in [6.45, 7) is 9.11. The topological polar surface area (TPSA) is 84.1 Å². The van der Waals surface area contributed by atoms with Gasteiger partial charge < -0.3 is 10.2 Å². The van der Waals surface area contributed by atoms with Gasteiger partial charge in [0.05, 0.1) is 4.47 Å². The number of hydrogen-bond acceptors (Lipinski definition) is 7. The fourth-order valence-electron chi connectivity index (χ4n) is 2.94. The van der Waals surface area contributed by atoms with E-state index in [2.05, 4.69) is 67.1 Å². The molecule has 1 saturated heterocycles. The van der Waals surface area contributed by atoms with Gasteiger partial charge in [0.1, 0.15) is 5.82 Å². The molecule has 0 aliphatic carbocycles. The second-order valence-electron chi connectivity index (χ2n) is 7.61. The lowest BCUT2D eigenvalue weighted by Crippen LogP contribution is -2.50. The first-order valence-electron chi connectivity index (χ1n) is 8.59. The Morgan fingerprint density at radius 3 is 2.58 bits per heavy atom. The molecule has 0 atom stereocenters. The number of nitrogens with one attached hydrogen (secondary N) is 1.